The van der Waals surface area contributed by atoms with Crippen molar-refractivity contribution in [3.8, 4) is 0 Å². The van der Waals surface area contributed by atoms with E-state index >= 15 is 0 Å². The third kappa shape index (κ3) is 3.32. The van der Waals surface area contributed by atoms with Crippen LogP contribution in [0.25, 0.3) is 0 Å². The molecule has 0 aromatic carbocycles. The van der Waals surface area contributed by atoms with Gasteiger partial charge in [0.1, 0.15) is 0 Å². The maximum absolute atomic E-state index is 3.83. The monoisotopic (exact) mass is 251 g/mol. The van der Waals surface area contributed by atoms with E-state index in [0.29, 0.717) is 5.54 Å². The zero-order valence-corrected chi connectivity index (χ0v) is 12.0. The van der Waals surface area contributed by atoms with Crippen molar-refractivity contribution in [2.24, 2.45) is 0 Å². The van der Waals surface area contributed by atoms with Gasteiger partial charge in [0.25, 0.3) is 0 Å². The second-order valence-electron chi connectivity index (χ2n) is 5.27. The lowest BCUT2D eigenvalue weighted by Gasteiger charge is -2.32. The summed E-state index contributed by atoms with van der Waals surface area (Å²) in [4.78, 5) is 3.10. The molecule has 0 aliphatic carbocycles. The van der Waals surface area contributed by atoms with Crippen molar-refractivity contribution < 1.29 is 0 Å². The van der Waals surface area contributed by atoms with Gasteiger partial charge in [0.2, 0.25) is 0 Å². The highest BCUT2D eigenvalue weighted by Gasteiger charge is 2.29. The molecule has 1 aliphatic rings. The van der Waals surface area contributed by atoms with Crippen LogP contribution >= 0.6 is 11.3 Å². The summed E-state index contributed by atoms with van der Waals surface area (Å²) in [5.74, 6) is 0. The first kappa shape index (κ1) is 13.1. The molecule has 1 aliphatic heterocycles. The Balaban J connectivity index is 2.06. The number of thiophene rings is 1. The van der Waals surface area contributed by atoms with Crippen molar-refractivity contribution in [2.45, 2.75) is 64.3 Å². The highest BCUT2D eigenvalue weighted by atomic mass is 32.1. The Morgan fingerprint density at radius 3 is 2.71 bits per heavy atom. The molecule has 1 unspecified atom stereocenters. The predicted molar refractivity (Wildman–Crippen MR) is 76.9 cm³/mol. The Hall–Kier alpha value is -0.340. The minimum absolute atomic E-state index is 0.381. The summed E-state index contributed by atoms with van der Waals surface area (Å²) in [6, 6.07) is 4.65. The summed E-state index contributed by atoms with van der Waals surface area (Å²) in [7, 11) is 0. The minimum Gasteiger partial charge on any atom is -0.311 e. The van der Waals surface area contributed by atoms with E-state index in [1.807, 2.05) is 11.3 Å². The van der Waals surface area contributed by atoms with Gasteiger partial charge in [0, 0.05) is 15.3 Å². The molecule has 2 heteroatoms. The van der Waals surface area contributed by atoms with Crippen LogP contribution in [0.5, 0.6) is 0 Å². The molecule has 1 fully saturated rings. The lowest BCUT2D eigenvalue weighted by molar-refractivity contribution is 0.304. The van der Waals surface area contributed by atoms with E-state index in [0.717, 1.165) is 0 Å². The number of nitrogens with one attached hydrogen (secondary N) is 1. The Kier molecular flexibility index (Phi) is 4.63. The van der Waals surface area contributed by atoms with E-state index < -0.39 is 0 Å². The van der Waals surface area contributed by atoms with Crippen LogP contribution in [0.4, 0.5) is 0 Å². The second-order valence-corrected chi connectivity index (χ2v) is 6.52. The predicted octanol–water partition coefficient (Wildman–Crippen LogP) is 4.17. The van der Waals surface area contributed by atoms with Gasteiger partial charge in [-0.25, -0.2) is 0 Å². The van der Waals surface area contributed by atoms with E-state index in [2.05, 4.69) is 31.3 Å². The smallest absolute Gasteiger partial charge is 0.0227 e. The minimum atomic E-state index is 0.381. The van der Waals surface area contributed by atoms with E-state index in [1.54, 1.807) is 4.88 Å². The first-order valence-electron chi connectivity index (χ1n) is 7.10. The van der Waals surface area contributed by atoms with E-state index in [1.165, 1.54) is 56.4 Å². The third-order valence-corrected chi connectivity index (χ3v) is 5.32. The van der Waals surface area contributed by atoms with Crippen LogP contribution in [0.2, 0.25) is 0 Å². The summed E-state index contributed by atoms with van der Waals surface area (Å²) >= 11 is 2.01. The van der Waals surface area contributed by atoms with Gasteiger partial charge in [-0.3, -0.25) is 0 Å². The first-order valence-corrected chi connectivity index (χ1v) is 7.92. The summed E-state index contributed by atoms with van der Waals surface area (Å²) < 4.78 is 0. The Bertz CT molecular complexity index is 334. The molecule has 0 radical (unpaired) electrons. The lowest BCUT2D eigenvalue weighted by atomic mass is 9.86. The van der Waals surface area contributed by atoms with Crippen molar-refractivity contribution >= 4 is 11.3 Å². The maximum Gasteiger partial charge on any atom is 0.0227 e. The molecule has 0 amide bonds. The van der Waals surface area contributed by atoms with Crippen molar-refractivity contribution in [1.82, 2.24) is 5.32 Å². The van der Waals surface area contributed by atoms with Crippen LogP contribution in [0.15, 0.2) is 12.1 Å². The molecular weight excluding hydrogens is 226 g/mol. The Morgan fingerprint density at radius 1 is 1.18 bits per heavy atom. The summed E-state index contributed by atoms with van der Waals surface area (Å²) in [6.07, 6.45) is 9.17. The van der Waals surface area contributed by atoms with Gasteiger partial charge < -0.3 is 5.32 Å². The standard InChI is InChI=1S/C15H25NS/c1-3-13-8-9-14(17-13)12-15(4-2)10-6-5-7-11-16-15/h8-9,16H,3-7,10-12H2,1-2H3. The highest BCUT2D eigenvalue weighted by Crippen LogP contribution is 2.29. The van der Waals surface area contributed by atoms with Gasteiger partial charge in [-0.1, -0.05) is 26.7 Å². The quantitative estimate of drug-likeness (QED) is 0.847. The van der Waals surface area contributed by atoms with Crippen LogP contribution in [-0.4, -0.2) is 12.1 Å². The highest BCUT2D eigenvalue weighted by molar-refractivity contribution is 7.12. The van der Waals surface area contributed by atoms with Crippen molar-refractivity contribution in [3.63, 3.8) is 0 Å². The molecule has 2 heterocycles. The topological polar surface area (TPSA) is 12.0 Å². The fraction of sp³-hybridized carbons (Fsp3) is 0.733. The Morgan fingerprint density at radius 2 is 2.00 bits per heavy atom. The van der Waals surface area contributed by atoms with Crippen LogP contribution in [0, 0.1) is 0 Å². The SMILES string of the molecule is CCc1ccc(CC2(CC)CCCCCN2)s1. The third-order valence-electron chi connectivity index (χ3n) is 4.09. The number of rotatable bonds is 4. The maximum atomic E-state index is 3.83. The molecule has 17 heavy (non-hydrogen) atoms. The van der Waals surface area contributed by atoms with Crippen molar-refractivity contribution in [3.05, 3.63) is 21.9 Å². The lowest BCUT2D eigenvalue weighted by Crippen LogP contribution is -2.45. The van der Waals surface area contributed by atoms with Gasteiger partial charge in [-0.15, -0.1) is 11.3 Å². The molecule has 1 aromatic heterocycles. The van der Waals surface area contributed by atoms with Crippen molar-refractivity contribution in [2.75, 3.05) is 6.54 Å². The van der Waals surface area contributed by atoms with Gasteiger partial charge in [-0.05, 0) is 50.8 Å². The normalized spacial score (nSPS) is 25.8. The van der Waals surface area contributed by atoms with Gasteiger partial charge in [-0.2, -0.15) is 0 Å². The molecule has 0 bridgehead atoms. The molecule has 1 saturated heterocycles. The second kappa shape index (κ2) is 6.01. The molecule has 0 saturated carbocycles. The largest absolute Gasteiger partial charge is 0.311 e. The van der Waals surface area contributed by atoms with Crippen LogP contribution < -0.4 is 5.32 Å². The zero-order chi connectivity index (χ0) is 12.1. The molecule has 0 spiro atoms. The summed E-state index contributed by atoms with van der Waals surface area (Å²) in [6.45, 7) is 5.79. The first-order chi connectivity index (χ1) is 8.28. The molecule has 96 valence electrons. The number of aryl methyl sites for hydroxylation is 1. The van der Waals surface area contributed by atoms with Gasteiger partial charge in [0.15, 0.2) is 0 Å². The molecule has 1 nitrogen and oxygen atoms in total. The summed E-state index contributed by atoms with van der Waals surface area (Å²) in [5.41, 5.74) is 0.381. The average molecular weight is 251 g/mol. The molecule has 1 aromatic rings. The van der Waals surface area contributed by atoms with Crippen LogP contribution in [0.1, 0.15) is 55.7 Å². The Labute approximate surface area is 110 Å². The summed E-state index contributed by atoms with van der Waals surface area (Å²) in [5, 5.41) is 3.83. The average Bonchev–Trinajstić information content (AvgIpc) is 2.67. The number of hydrogen-bond acceptors (Lipinski definition) is 2. The molecule has 2 rings (SSSR count). The van der Waals surface area contributed by atoms with E-state index in [9.17, 15) is 0 Å². The molecular formula is C15H25NS. The van der Waals surface area contributed by atoms with E-state index in [4.69, 9.17) is 0 Å². The fourth-order valence-electron chi connectivity index (χ4n) is 2.83. The zero-order valence-electron chi connectivity index (χ0n) is 11.2. The molecule has 1 N–H and O–H groups in total. The molecule has 1 atom stereocenters. The van der Waals surface area contributed by atoms with Crippen LogP contribution in [-0.2, 0) is 12.8 Å². The van der Waals surface area contributed by atoms with Crippen LogP contribution in [0.3, 0.4) is 0 Å². The fourth-order valence-corrected chi connectivity index (χ4v) is 3.93. The van der Waals surface area contributed by atoms with Gasteiger partial charge in [0.05, 0.1) is 0 Å². The van der Waals surface area contributed by atoms with E-state index in [-0.39, 0.29) is 0 Å². The number of hydrogen-bond donors (Lipinski definition) is 1. The van der Waals surface area contributed by atoms with Crippen molar-refractivity contribution in [1.29, 1.82) is 0 Å². The van der Waals surface area contributed by atoms with Gasteiger partial charge >= 0.3 is 0 Å².